The van der Waals surface area contributed by atoms with Crippen molar-refractivity contribution in [2.24, 2.45) is 0 Å². The van der Waals surface area contributed by atoms with E-state index in [4.69, 9.17) is 10.1 Å². The van der Waals surface area contributed by atoms with E-state index in [0.29, 0.717) is 47.4 Å². The predicted molar refractivity (Wildman–Crippen MR) is 152 cm³/mol. The summed E-state index contributed by atoms with van der Waals surface area (Å²) < 4.78 is 0. The molecule has 0 saturated heterocycles. The number of hydrogen-bond donors (Lipinski definition) is 3. The van der Waals surface area contributed by atoms with Crippen molar-refractivity contribution in [1.82, 2.24) is 9.97 Å². The first kappa shape index (κ1) is 27.6. The lowest BCUT2D eigenvalue weighted by atomic mass is 10.0. The van der Waals surface area contributed by atoms with Gasteiger partial charge in [0.25, 0.3) is 11.3 Å². The highest BCUT2D eigenvalue weighted by atomic mass is 32.2. The van der Waals surface area contributed by atoms with E-state index in [1.807, 2.05) is 67.6 Å². The number of nitrogens with one attached hydrogen (secondary N) is 1. The highest BCUT2D eigenvalue weighted by Gasteiger charge is 2.13. The second-order valence-electron chi connectivity index (χ2n) is 8.99. The molecule has 4 aromatic rings. The Labute approximate surface area is 230 Å². The second kappa shape index (κ2) is 12.9. The van der Waals surface area contributed by atoms with Crippen LogP contribution in [0.3, 0.4) is 0 Å². The smallest absolute Gasteiger partial charge is 0.376 e. The summed E-state index contributed by atoms with van der Waals surface area (Å²) in [6.45, 7) is 1.96. The van der Waals surface area contributed by atoms with E-state index in [-0.39, 0.29) is 11.3 Å². The summed E-state index contributed by atoms with van der Waals surface area (Å²) in [4.78, 5) is 42.5. The van der Waals surface area contributed by atoms with Crippen LogP contribution < -0.4 is 5.56 Å². The molecule has 0 bridgehead atoms. The van der Waals surface area contributed by atoms with Gasteiger partial charge >= 0.3 is 5.97 Å². The third-order valence-corrected chi connectivity index (χ3v) is 7.10. The van der Waals surface area contributed by atoms with Gasteiger partial charge in [-0.1, -0.05) is 91.5 Å². The van der Waals surface area contributed by atoms with Gasteiger partial charge in [-0.05, 0) is 41.2 Å². The molecule has 0 aliphatic heterocycles. The Hall–Kier alpha value is -4.43. The zero-order valence-corrected chi connectivity index (χ0v) is 22.2. The maximum Gasteiger partial charge on any atom is 0.376 e. The predicted octanol–water partition coefficient (Wildman–Crippen LogP) is 5.36. The van der Waals surface area contributed by atoms with Crippen LogP contribution in [0.25, 0.3) is 5.76 Å². The van der Waals surface area contributed by atoms with Crippen molar-refractivity contribution in [3.8, 4) is 0 Å². The zero-order valence-electron chi connectivity index (χ0n) is 21.4. The Morgan fingerprint density at radius 3 is 2.23 bits per heavy atom. The van der Waals surface area contributed by atoms with Gasteiger partial charge in [0, 0.05) is 29.4 Å². The van der Waals surface area contributed by atoms with Gasteiger partial charge in [0.15, 0.2) is 5.16 Å². The number of aliphatic hydroxyl groups is 1. The van der Waals surface area contributed by atoms with Crippen LogP contribution in [-0.2, 0) is 34.6 Å². The largest absolute Gasteiger partial charge is 0.507 e. The molecule has 0 amide bonds. The van der Waals surface area contributed by atoms with Crippen LogP contribution in [0.15, 0.2) is 94.9 Å². The summed E-state index contributed by atoms with van der Waals surface area (Å²) in [5.74, 6) is -2.55. The maximum absolute atomic E-state index is 12.7. The number of hydrogen-bond acceptors (Lipinski definition) is 6. The number of H-pyrrole nitrogens is 1. The molecule has 0 spiro atoms. The minimum absolute atomic E-state index is 0.0910. The van der Waals surface area contributed by atoms with Gasteiger partial charge in [-0.25, -0.2) is 9.78 Å². The van der Waals surface area contributed by atoms with Crippen molar-refractivity contribution in [2.75, 3.05) is 0 Å². The number of aromatic nitrogens is 2. The zero-order chi connectivity index (χ0) is 27.8. The van der Waals surface area contributed by atoms with Crippen LogP contribution in [0.5, 0.6) is 0 Å². The summed E-state index contributed by atoms with van der Waals surface area (Å²) in [5, 5.41) is 19.4. The lowest BCUT2D eigenvalue weighted by molar-refractivity contribution is -0.146. The van der Waals surface area contributed by atoms with Gasteiger partial charge in [-0.3, -0.25) is 9.59 Å². The molecule has 8 heteroatoms. The fourth-order valence-electron chi connectivity index (χ4n) is 4.14. The van der Waals surface area contributed by atoms with Gasteiger partial charge in [0.2, 0.25) is 0 Å². The number of nitrogens with zero attached hydrogens (tertiary/aromatic N) is 1. The number of carboxylic acids is 1. The van der Waals surface area contributed by atoms with Crippen LogP contribution in [0.4, 0.5) is 0 Å². The molecule has 198 valence electrons. The summed E-state index contributed by atoms with van der Waals surface area (Å²) in [5.41, 5.74) is 5.95. The van der Waals surface area contributed by atoms with E-state index in [0.717, 1.165) is 27.9 Å². The second-order valence-corrected chi connectivity index (χ2v) is 9.96. The standard InChI is InChI=1S/C31H28N2O5S/c1-2-25-26(17-20-7-4-3-5-8-20)32-31(33-29(25)36)39-19-22-13-11-21(12-14-22)15-23-9-6-10-24(16-23)27(34)18-28(35)30(37)38/h3-14,16,18,34H,2,15,17,19H2,1H3,(H,37,38)(H,32,33,36). The highest BCUT2D eigenvalue weighted by Crippen LogP contribution is 2.22. The normalized spacial score (nSPS) is 11.4. The number of aliphatic hydroxyl groups excluding tert-OH is 1. The Morgan fingerprint density at radius 2 is 1.54 bits per heavy atom. The van der Waals surface area contributed by atoms with Crippen LogP contribution in [0.1, 0.15) is 46.0 Å². The fraction of sp³-hybridized carbons (Fsp3) is 0.161. The third kappa shape index (κ3) is 7.55. The molecule has 0 aliphatic rings. The van der Waals surface area contributed by atoms with Gasteiger partial charge in [0.05, 0.1) is 5.69 Å². The molecule has 0 atom stereocenters. The average Bonchev–Trinajstić information content (AvgIpc) is 2.93. The number of carbonyl (C=O) groups excluding carboxylic acids is 1. The SMILES string of the molecule is CCc1c(Cc2ccccc2)nc(SCc2ccc(Cc3cccc(C(O)=CC(=O)C(=O)O)c3)cc2)[nH]c1=O. The van der Waals surface area contributed by atoms with Crippen molar-refractivity contribution >= 4 is 29.3 Å². The summed E-state index contributed by atoms with van der Waals surface area (Å²) in [6.07, 6.45) is 2.53. The Bertz CT molecular complexity index is 1560. The minimum atomic E-state index is -1.62. The van der Waals surface area contributed by atoms with E-state index in [1.54, 1.807) is 18.2 Å². The molecule has 7 nitrogen and oxygen atoms in total. The van der Waals surface area contributed by atoms with Gasteiger partial charge in [0.1, 0.15) is 5.76 Å². The Balaban J connectivity index is 1.41. The molecule has 3 N–H and O–H groups in total. The van der Waals surface area contributed by atoms with Crippen LogP contribution in [0, 0.1) is 0 Å². The molecule has 3 aromatic carbocycles. The number of carbonyl (C=O) groups is 2. The Kier molecular flexibility index (Phi) is 9.12. The van der Waals surface area contributed by atoms with Crippen molar-refractivity contribution in [3.05, 3.63) is 134 Å². The van der Waals surface area contributed by atoms with E-state index >= 15 is 0 Å². The first-order valence-electron chi connectivity index (χ1n) is 12.5. The first-order chi connectivity index (χ1) is 18.8. The molecule has 39 heavy (non-hydrogen) atoms. The first-order valence-corrected chi connectivity index (χ1v) is 13.4. The molecule has 0 saturated carbocycles. The minimum Gasteiger partial charge on any atom is -0.507 e. The van der Waals surface area contributed by atoms with Gasteiger partial charge < -0.3 is 15.2 Å². The molecular weight excluding hydrogens is 512 g/mol. The van der Waals surface area contributed by atoms with E-state index in [1.165, 1.54) is 11.8 Å². The average molecular weight is 541 g/mol. The topological polar surface area (TPSA) is 120 Å². The van der Waals surface area contributed by atoms with Crippen molar-refractivity contribution in [2.45, 2.75) is 37.1 Å². The number of carboxylic acid groups (broad SMARTS) is 1. The molecule has 1 aromatic heterocycles. The quantitative estimate of drug-likeness (QED) is 0.0770. The number of ketones is 1. The van der Waals surface area contributed by atoms with Crippen molar-refractivity contribution in [1.29, 1.82) is 0 Å². The van der Waals surface area contributed by atoms with Gasteiger partial charge in [-0.2, -0.15) is 0 Å². The molecule has 0 unspecified atom stereocenters. The van der Waals surface area contributed by atoms with Crippen LogP contribution in [-0.4, -0.2) is 31.9 Å². The van der Waals surface area contributed by atoms with E-state index < -0.39 is 11.8 Å². The van der Waals surface area contributed by atoms with Crippen LogP contribution >= 0.6 is 11.8 Å². The molecule has 1 heterocycles. The molecule has 0 aliphatic carbocycles. The van der Waals surface area contributed by atoms with Crippen LogP contribution in [0.2, 0.25) is 0 Å². The third-order valence-electron chi connectivity index (χ3n) is 6.16. The number of aromatic amines is 1. The number of thioether (sulfide) groups is 1. The number of rotatable bonds is 11. The molecule has 0 fully saturated rings. The number of aliphatic carboxylic acids is 1. The summed E-state index contributed by atoms with van der Waals surface area (Å²) in [6, 6.07) is 25.1. The molecule has 0 radical (unpaired) electrons. The van der Waals surface area contributed by atoms with Crippen molar-refractivity contribution in [3.63, 3.8) is 0 Å². The fourth-order valence-corrected chi connectivity index (χ4v) is 4.98. The van der Waals surface area contributed by atoms with Crippen molar-refractivity contribution < 1.29 is 19.8 Å². The van der Waals surface area contributed by atoms with E-state index in [2.05, 4.69) is 4.98 Å². The lowest BCUT2D eigenvalue weighted by Gasteiger charge is -2.10. The Morgan fingerprint density at radius 1 is 0.872 bits per heavy atom. The highest BCUT2D eigenvalue weighted by molar-refractivity contribution is 7.98. The number of benzene rings is 3. The monoisotopic (exact) mass is 540 g/mol. The lowest BCUT2D eigenvalue weighted by Crippen LogP contribution is -2.18. The molecule has 4 rings (SSSR count). The van der Waals surface area contributed by atoms with E-state index in [9.17, 15) is 19.5 Å². The maximum atomic E-state index is 12.7. The van der Waals surface area contributed by atoms with Gasteiger partial charge in [-0.15, -0.1) is 0 Å². The summed E-state index contributed by atoms with van der Waals surface area (Å²) >= 11 is 1.48. The molecular formula is C31H28N2O5S. The summed E-state index contributed by atoms with van der Waals surface area (Å²) in [7, 11) is 0.